The molecule has 0 aliphatic heterocycles. The van der Waals surface area contributed by atoms with Gasteiger partial charge >= 0.3 is 0 Å². The zero-order valence-electron chi connectivity index (χ0n) is 17.0. The molecule has 30 heavy (non-hydrogen) atoms. The SMILES string of the molecule is CCCCCCCCC(=O)N[C@H](NC(=S)Nc1ccc2ccccc2c1)C(Cl)(Cl)Cl. The third kappa shape index (κ3) is 8.84. The van der Waals surface area contributed by atoms with Crippen molar-refractivity contribution in [3.63, 3.8) is 0 Å². The fourth-order valence-electron chi connectivity index (χ4n) is 3.06. The lowest BCUT2D eigenvalue weighted by Crippen LogP contribution is -2.56. The third-order valence-electron chi connectivity index (χ3n) is 4.67. The Balaban J connectivity index is 1.87. The van der Waals surface area contributed by atoms with Crippen LogP contribution in [0.25, 0.3) is 10.8 Å². The molecule has 0 aliphatic carbocycles. The Morgan fingerprint density at radius 1 is 0.967 bits per heavy atom. The van der Waals surface area contributed by atoms with Gasteiger partial charge in [0.05, 0.1) is 0 Å². The maximum Gasteiger partial charge on any atom is 0.228 e. The van der Waals surface area contributed by atoms with Crippen LogP contribution in [-0.4, -0.2) is 21.0 Å². The van der Waals surface area contributed by atoms with Crippen molar-refractivity contribution < 1.29 is 4.79 Å². The van der Waals surface area contributed by atoms with E-state index in [1.165, 1.54) is 19.3 Å². The number of thiocarbonyl (C=S) groups is 1. The number of fused-ring (bicyclic) bond motifs is 1. The quantitative estimate of drug-likeness (QED) is 0.151. The largest absolute Gasteiger partial charge is 0.339 e. The van der Waals surface area contributed by atoms with Crippen LogP contribution in [0.2, 0.25) is 0 Å². The monoisotopic (exact) mass is 487 g/mol. The van der Waals surface area contributed by atoms with E-state index in [1.807, 2.05) is 42.5 Å². The highest BCUT2D eigenvalue weighted by atomic mass is 35.6. The van der Waals surface area contributed by atoms with E-state index >= 15 is 0 Å². The predicted octanol–water partition coefficient (Wildman–Crippen LogP) is 6.69. The lowest BCUT2D eigenvalue weighted by molar-refractivity contribution is -0.122. The van der Waals surface area contributed by atoms with Crippen LogP contribution in [0.15, 0.2) is 42.5 Å². The van der Waals surface area contributed by atoms with Crippen LogP contribution in [0.5, 0.6) is 0 Å². The van der Waals surface area contributed by atoms with E-state index in [4.69, 9.17) is 47.0 Å². The highest BCUT2D eigenvalue weighted by molar-refractivity contribution is 7.80. The molecule has 0 radical (unpaired) electrons. The van der Waals surface area contributed by atoms with Gasteiger partial charge in [0.2, 0.25) is 9.70 Å². The standard InChI is InChI=1S/C22H28Cl3N3OS/c1-2-3-4-5-6-7-12-19(29)27-20(22(23,24)25)28-21(30)26-18-14-13-16-10-8-9-11-17(16)15-18/h8-11,13-15,20H,2-7,12H2,1H3,(H,27,29)(H2,26,28,30)/t20-/m1/s1. The number of carbonyl (C=O) groups excluding carboxylic acids is 1. The zero-order chi connectivity index (χ0) is 22.0. The Labute approximate surface area is 199 Å². The van der Waals surface area contributed by atoms with E-state index in [0.29, 0.717) is 6.42 Å². The molecule has 0 bridgehead atoms. The number of hydrogen-bond donors (Lipinski definition) is 3. The van der Waals surface area contributed by atoms with Gasteiger partial charge in [-0.25, -0.2) is 0 Å². The maximum absolute atomic E-state index is 12.3. The summed E-state index contributed by atoms with van der Waals surface area (Å²) in [5.74, 6) is -0.178. The van der Waals surface area contributed by atoms with Gasteiger partial charge in [0, 0.05) is 12.1 Å². The summed E-state index contributed by atoms with van der Waals surface area (Å²) >= 11 is 23.5. The predicted molar refractivity (Wildman–Crippen MR) is 134 cm³/mol. The van der Waals surface area contributed by atoms with E-state index < -0.39 is 9.96 Å². The third-order valence-corrected chi connectivity index (χ3v) is 5.55. The van der Waals surface area contributed by atoms with Crippen molar-refractivity contribution in [3.05, 3.63) is 42.5 Å². The minimum Gasteiger partial charge on any atom is -0.339 e. The molecule has 164 valence electrons. The van der Waals surface area contributed by atoms with Crippen molar-refractivity contribution in [2.75, 3.05) is 5.32 Å². The highest BCUT2D eigenvalue weighted by Crippen LogP contribution is 2.29. The first-order valence-corrected chi connectivity index (χ1v) is 11.8. The van der Waals surface area contributed by atoms with Crippen LogP contribution in [-0.2, 0) is 4.79 Å². The number of benzene rings is 2. The van der Waals surface area contributed by atoms with Crippen LogP contribution in [0.1, 0.15) is 51.9 Å². The van der Waals surface area contributed by atoms with E-state index in [2.05, 4.69) is 22.9 Å². The smallest absolute Gasteiger partial charge is 0.228 e. The molecule has 2 rings (SSSR count). The summed E-state index contributed by atoms with van der Waals surface area (Å²) in [4.78, 5) is 12.3. The van der Waals surface area contributed by atoms with Gasteiger partial charge < -0.3 is 16.0 Å². The number of rotatable bonds is 10. The van der Waals surface area contributed by atoms with Gasteiger partial charge in [-0.3, -0.25) is 4.79 Å². The number of alkyl halides is 3. The Kier molecular flexibility index (Phi) is 10.5. The average molecular weight is 489 g/mol. The molecule has 4 nitrogen and oxygen atoms in total. The molecule has 0 aliphatic rings. The molecule has 3 N–H and O–H groups in total. The molecule has 0 aromatic heterocycles. The minimum atomic E-state index is -1.76. The Morgan fingerprint density at radius 2 is 1.63 bits per heavy atom. The summed E-state index contributed by atoms with van der Waals surface area (Å²) in [5, 5.41) is 11.2. The number of halogens is 3. The molecule has 0 heterocycles. The van der Waals surface area contributed by atoms with Crippen molar-refractivity contribution in [3.8, 4) is 0 Å². The molecule has 0 unspecified atom stereocenters. The second-order valence-corrected chi connectivity index (χ2v) is 10.00. The Hall–Kier alpha value is -1.27. The molecule has 0 spiro atoms. The van der Waals surface area contributed by atoms with Gasteiger partial charge in [-0.1, -0.05) is 104 Å². The molecule has 0 fully saturated rings. The van der Waals surface area contributed by atoms with E-state index in [9.17, 15) is 4.79 Å². The summed E-state index contributed by atoms with van der Waals surface area (Å²) in [5.41, 5.74) is 0.799. The Morgan fingerprint density at radius 3 is 2.33 bits per heavy atom. The fourth-order valence-corrected chi connectivity index (χ4v) is 3.63. The summed E-state index contributed by atoms with van der Waals surface area (Å²) < 4.78 is -1.76. The number of carbonyl (C=O) groups is 1. The maximum atomic E-state index is 12.3. The normalized spacial score (nSPS) is 12.4. The second kappa shape index (κ2) is 12.6. The van der Waals surface area contributed by atoms with Crippen molar-refractivity contribution in [2.24, 2.45) is 0 Å². The number of amides is 1. The first kappa shape index (κ1) is 25.0. The van der Waals surface area contributed by atoms with Crippen molar-refractivity contribution in [1.29, 1.82) is 0 Å². The summed E-state index contributed by atoms with van der Waals surface area (Å²) in [6, 6.07) is 13.9. The lowest BCUT2D eigenvalue weighted by atomic mass is 10.1. The van der Waals surface area contributed by atoms with Crippen LogP contribution < -0.4 is 16.0 Å². The second-order valence-electron chi connectivity index (χ2n) is 7.22. The number of unbranched alkanes of at least 4 members (excludes halogenated alkanes) is 5. The van der Waals surface area contributed by atoms with Gasteiger partial charge in [0.1, 0.15) is 6.17 Å². The fraction of sp³-hybridized carbons (Fsp3) is 0.455. The highest BCUT2D eigenvalue weighted by Gasteiger charge is 2.34. The first-order chi connectivity index (χ1) is 14.3. The van der Waals surface area contributed by atoms with Crippen molar-refractivity contribution in [2.45, 2.75) is 61.8 Å². The van der Waals surface area contributed by atoms with Gasteiger partial charge in [0.25, 0.3) is 0 Å². The van der Waals surface area contributed by atoms with Gasteiger partial charge in [-0.05, 0) is 41.5 Å². The van der Waals surface area contributed by atoms with Crippen LogP contribution in [0.3, 0.4) is 0 Å². The Bertz CT molecular complexity index is 842. The molecular weight excluding hydrogens is 461 g/mol. The zero-order valence-corrected chi connectivity index (χ0v) is 20.1. The number of nitrogens with one attached hydrogen (secondary N) is 3. The molecule has 8 heteroatoms. The molecule has 1 atom stereocenters. The van der Waals surface area contributed by atoms with Gasteiger partial charge in [0.15, 0.2) is 5.11 Å². The van der Waals surface area contributed by atoms with E-state index in [0.717, 1.165) is 35.7 Å². The number of hydrogen-bond acceptors (Lipinski definition) is 2. The van der Waals surface area contributed by atoms with E-state index in [-0.39, 0.29) is 11.0 Å². The van der Waals surface area contributed by atoms with Crippen LogP contribution in [0.4, 0.5) is 5.69 Å². The topological polar surface area (TPSA) is 53.2 Å². The van der Waals surface area contributed by atoms with Gasteiger partial charge in [-0.15, -0.1) is 0 Å². The van der Waals surface area contributed by atoms with Crippen molar-refractivity contribution >= 4 is 74.5 Å². The minimum absolute atomic E-state index is 0.178. The van der Waals surface area contributed by atoms with Gasteiger partial charge in [-0.2, -0.15) is 0 Å². The van der Waals surface area contributed by atoms with Crippen LogP contribution >= 0.6 is 47.0 Å². The molecular formula is C22H28Cl3N3OS. The summed E-state index contributed by atoms with van der Waals surface area (Å²) in [6.45, 7) is 2.18. The molecule has 0 saturated heterocycles. The number of anilines is 1. The molecule has 1 amide bonds. The van der Waals surface area contributed by atoms with Crippen molar-refractivity contribution in [1.82, 2.24) is 10.6 Å². The summed E-state index contributed by atoms with van der Waals surface area (Å²) in [7, 11) is 0. The molecule has 2 aromatic rings. The van der Waals surface area contributed by atoms with E-state index in [1.54, 1.807) is 0 Å². The first-order valence-electron chi connectivity index (χ1n) is 10.2. The average Bonchev–Trinajstić information content (AvgIpc) is 2.69. The molecule has 2 aromatic carbocycles. The molecule has 0 saturated carbocycles. The summed E-state index contributed by atoms with van der Waals surface area (Å²) in [6.07, 6.45) is 6.02. The lowest BCUT2D eigenvalue weighted by Gasteiger charge is -2.27. The van der Waals surface area contributed by atoms with Crippen LogP contribution in [0, 0.1) is 0 Å².